The van der Waals surface area contributed by atoms with Crippen molar-refractivity contribution >= 4 is 23.2 Å². The van der Waals surface area contributed by atoms with Crippen molar-refractivity contribution < 1.29 is 0 Å². The van der Waals surface area contributed by atoms with Crippen LogP contribution in [0.25, 0.3) is 11.1 Å². The van der Waals surface area contributed by atoms with Gasteiger partial charge in [0.15, 0.2) is 0 Å². The molecule has 0 aliphatic carbocycles. The van der Waals surface area contributed by atoms with Gasteiger partial charge in [-0.15, -0.1) is 0 Å². The summed E-state index contributed by atoms with van der Waals surface area (Å²) in [6.45, 7) is 6.28. The minimum absolute atomic E-state index is 0.474. The molecule has 0 aliphatic heterocycles. The van der Waals surface area contributed by atoms with Crippen LogP contribution in [0.2, 0.25) is 10.2 Å². The summed E-state index contributed by atoms with van der Waals surface area (Å²) >= 11 is 12.2. The second-order valence-electron chi connectivity index (χ2n) is 4.66. The fourth-order valence-corrected chi connectivity index (χ4v) is 2.33. The lowest BCUT2D eigenvalue weighted by Crippen LogP contribution is -1.92. The fraction of sp³-hybridized carbons (Fsp3) is 0.267. The molecule has 0 amide bonds. The van der Waals surface area contributed by atoms with Gasteiger partial charge in [-0.2, -0.15) is 0 Å². The molecular formula is C15H15Cl2N. The van der Waals surface area contributed by atoms with Gasteiger partial charge in [-0.25, -0.2) is 4.98 Å². The minimum Gasteiger partial charge on any atom is -0.241 e. The summed E-state index contributed by atoms with van der Waals surface area (Å²) < 4.78 is 0. The van der Waals surface area contributed by atoms with Crippen LogP contribution in [0.3, 0.4) is 0 Å². The third-order valence-corrected chi connectivity index (χ3v) is 3.54. The molecule has 3 heteroatoms. The van der Waals surface area contributed by atoms with Crippen LogP contribution in [-0.2, 0) is 0 Å². The average molecular weight is 280 g/mol. The maximum absolute atomic E-state index is 6.29. The van der Waals surface area contributed by atoms with Crippen LogP contribution in [0.1, 0.15) is 31.0 Å². The molecule has 0 atom stereocenters. The van der Waals surface area contributed by atoms with Crippen molar-refractivity contribution in [3.8, 4) is 11.1 Å². The Morgan fingerprint density at radius 2 is 1.72 bits per heavy atom. The molecule has 0 unspecified atom stereocenters. The highest BCUT2D eigenvalue weighted by molar-refractivity contribution is 6.33. The molecule has 0 saturated carbocycles. The molecule has 0 fully saturated rings. The molecule has 2 aromatic rings. The number of benzene rings is 1. The lowest BCUT2D eigenvalue weighted by molar-refractivity contribution is 0.867. The summed E-state index contributed by atoms with van der Waals surface area (Å²) in [7, 11) is 0. The Hall–Kier alpha value is -1.05. The first-order valence-corrected chi connectivity index (χ1v) is 6.67. The molecule has 18 heavy (non-hydrogen) atoms. The van der Waals surface area contributed by atoms with E-state index in [0.717, 1.165) is 21.8 Å². The number of hydrogen-bond donors (Lipinski definition) is 0. The Bertz CT molecular complexity index is 577. The van der Waals surface area contributed by atoms with Gasteiger partial charge in [-0.05, 0) is 42.7 Å². The molecule has 1 heterocycles. The van der Waals surface area contributed by atoms with Gasteiger partial charge in [-0.1, -0.05) is 43.1 Å². The number of nitrogens with zero attached hydrogens (tertiary/aromatic N) is 1. The van der Waals surface area contributed by atoms with Crippen LogP contribution in [0.5, 0.6) is 0 Å². The van der Waals surface area contributed by atoms with Crippen LogP contribution < -0.4 is 0 Å². The van der Waals surface area contributed by atoms with Gasteiger partial charge in [0.05, 0.1) is 0 Å². The van der Waals surface area contributed by atoms with E-state index in [0.29, 0.717) is 11.1 Å². The van der Waals surface area contributed by atoms with Crippen molar-refractivity contribution in [2.45, 2.75) is 26.7 Å². The summed E-state index contributed by atoms with van der Waals surface area (Å²) in [5.41, 5.74) is 4.21. The van der Waals surface area contributed by atoms with Gasteiger partial charge in [0.2, 0.25) is 0 Å². The number of pyridine rings is 1. The summed E-state index contributed by atoms with van der Waals surface area (Å²) in [5, 5.41) is 1.25. The molecule has 0 aliphatic rings. The van der Waals surface area contributed by atoms with Gasteiger partial charge in [0.25, 0.3) is 0 Å². The highest BCUT2D eigenvalue weighted by Crippen LogP contribution is 2.32. The fourth-order valence-electron chi connectivity index (χ4n) is 1.92. The van der Waals surface area contributed by atoms with Gasteiger partial charge in [-0.3, -0.25) is 0 Å². The zero-order valence-corrected chi connectivity index (χ0v) is 12.2. The molecule has 0 spiro atoms. The molecule has 94 valence electrons. The highest BCUT2D eigenvalue weighted by atomic mass is 35.5. The van der Waals surface area contributed by atoms with Crippen molar-refractivity contribution in [1.29, 1.82) is 0 Å². The first kappa shape index (κ1) is 13.4. The smallest absolute Gasteiger partial charge is 0.129 e. The van der Waals surface area contributed by atoms with E-state index in [2.05, 4.69) is 31.0 Å². The van der Waals surface area contributed by atoms with Crippen LogP contribution in [0, 0.1) is 6.92 Å². The standard InChI is InChI=1S/C15H15Cl2N/c1-9(2)11-4-6-14(16)13(8-11)12-5-7-15(17)18-10(12)3/h4-9H,1-3H3. The largest absolute Gasteiger partial charge is 0.241 e. The normalized spacial score (nSPS) is 11.0. The van der Waals surface area contributed by atoms with E-state index < -0.39 is 0 Å². The van der Waals surface area contributed by atoms with E-state index in [1.54, 1.807) is 6.07 Å². The maximum atomic E-state index is 6.29. The lowest BCUT2D eigenvalue weighted by Gasteiger charge is -2.12. The Kier molecular flexibility index (Phi) is 3.94. The second-order valence-corrected chi connectivity index (χ2v) is 5.46. The zero-order valence-electron chi connectivity index (χ0n) is 10.7. The third-order valence-electron chi connectivity index (χ3n) is 3.00. The average Bonchev–Trinajstić information content (AvgIpc) is 2.30. The van der Waals surface area contributed by atoms with E-state index in [1.807, 2.05) is 19.1 Å². The summed E-state index contributed by atoms with van der Waals surface area (Å²) in [6, 6.07) is 9.90. The Balaban J connectivity index is 2.59. The lowest BCUT2D eigenvalue weighted by atomic mass is 9.97. The number of halogens is 2. The third kappa shape index (κ3) is 2.68. The summed E-state index contributed by atoms with van der Waals surface area (Å²) in [4.78, 5) is 4.27. The predicted octanol–water partition coefficient (Wildman–Crippen LogP) is 5.49. The first-order chi connectivity index (χ1) is 8.49. The molecule has 0 bridgehead atoms. The number of hydrogen-bond acceptors (Lipinski definition) is 1. The van der Waals surface area contributed by atoms with E-state index in [9.17, 15) is 0 Å². The minimum atomic E-state index is 0.474. The molecule has 1 aromatic carbocycles. The first-order valence-electron chi connectivity index (χ1n) is 5.92. The van der Waals surface area contributed by atoms with E-state index in [-0.39, 0.29) is 0 Å². The Labute approximate surface area is 118 Å². The van der Waals surface area contributed by atoms with Crippen LogP contribution >= 0.6 is 23.2 Å². The van der Waals surface area contributed by atoms with Crippen LogP contribution in [0.4, 0.5) is 0 Å². The monoisotopic (exact) mass is 279 g/mol. The van der Waals surface area contributed by atoms with E-state index in [1.165, 1.54) is 5.56 Å². The molecule has 0 N–H and O–H groups in total. The number of aromatic nitrogens is 1. The van der Waals surface area contributed by atoms with Crippen molar-refractivity contribution in [3.05, 3.63) is 51.8 Å². The molecule has 0 radical (unpaired) electrons. The van der Waals surface area contributed by atoms with Gasteiger partial charge >= 0.3 is 0 Å². The molecular weight excluding hydrogens is 265 g/mol. The molecule has 1 aromatic heterocycles. The molecule has 1 nitrogen and oxygen atoms in total. The topological polar surface area (TPSA) is 12.9 Å². The SMILES string of the molecule is Cc1nc(Cl)ccc1-c1cc(C(C)C)ccc1Cl. The van der Waals surface area contributed by atoms with Crippen molar-refractivity contribution in [2.24, 2.45) is 0 Å². The Morgan fingerprint density at radius 3 is 2.33 bits per heavy atom. The van der Waals surface area contributed by atoms with Gasteiger partial charge in [0.1, 0.15) is 5.15 Å². The Morgan fingerprint density at radius 1 is 1.00 bits per heavy atom. The summed E-state index contributed by atoms with van der Waals surface area (Å²) in [5.74, 6) is 0.474. The summed E-state index contributed by atoms with van der Waals surface area (Å²) in [6.07, 6.45) is 0. The van der Waals surface area contributed by atoms with Crippen molar-refractivity contribution in [2.75, 3.05) is 0 Å². The van der Waals surface area contributed by atoms with Crippen LogP contribution in [-0.4, -0.2) is 4.98 Å². The van der Waals surface area contributed by atoms with Gasteiger partial charge in [0, 0.05) is 21.8 Å². The number of aryl methyl sites for hydroxylation is 1. The van der Waals surface area contributed by atoms with Gasteiger partial charge < -0.3 is 0 Å². The van der Waals surface area contributed by atoms with E-state index in [4.69, 9.17) is 23.2 Å². The quantitative estimate of drug-likeness (QED) is 0.663. The molecule has 0 saturated heterocycles. The maximum Gasteiger partial charge on any atom is 0.129 e. The van der Waals surface area contributed by atoms with Crippen LogP contribution in [0.15, 0.2) is 30.3 Å². The zero-order chi connectivity index (χ0) is 13.3. The number of rotatable bonds is 2. The van der Waals surface area contributed by atoms with E-state index >= 15 is 0 Å². The second kappa shape index (κ2) is 5.29. The van der Waals surface area contributed by atoms with Crippen molar-refractivity contribution in [3.63, 3.8) is 0 Å². The predicted molar refractivity (Wildman–Crippen MR) is 78.5 cm³/mol. The molecule has 2 rings (SSSR count). The van der Waals surface area contributed by atoms with Crippen molar-refractivity contribution in [1.82, 2.24) is 4.98 Å². The highest BCUT2D eigenvalue weighted by Gasteiger charge is 2.10.